The number of benzene rings is 2. The minimum Gasteiger partial charge on any atom is -0.472 e. The maximum atomic E-state index is 13.3. The van der Waals surface area contributed by atoms with E-state index in [2.05, 4.69) is 19.9 Å². The lowest BCUT2D eigenvalue weighted by molar-refractivity contribution is -0.207. The van der Waals surface area contributed by atoms with Crippen LogP contribution < -0.4 is 0 Å². The summed E-state index contributed by atoms with van der Waals surface area (Å²) in [5, 5.41) is 12.5. The van der Waals surface area contributed by atoms with Gasteiger partial charge in [-0.15, -0.1) is 0 Å². The van der Waals surface area contributed by atoms with Crippen LogP contribution in [-0.4, -0.2) is 53.0 Å². The minimum atomic E-state index is -4.23. The molecule has 1 heterocycles. The van der Waals surface area contributed by atoms with Crippen molar-refractivity contribution >= 4 is 20.2 Å². The van der Waals surface area contributed by atoms with E-state index in [1.54, 1.807) is 30.5 Å². The first-order valence-corrected chi connectivity index (χ1v) is 21.3. The molecule has 4 aliphatic rings. The van der Waals surface area contributed by atoms with Crippen molar-refractivity contribution in [2.75, 3.05) is 13.2 Å². The van der Waals surface area contributed by atoms with Crippen molar-refractivity contribution in [1.82, 2.24) is 0 Å². The third-order valence-corrected chi connectivity index (χ3v) is 16.2. The van der Waals surface area contributed by atoms with E-state index in [9.17, 15) is 21.9 Å². The number of aliphatic hydroxyl groups is 1. The summed E-state index contributed by atoms with van der Waals surface area (Å²) in [7, 11) is -8.39. The van der Waals surface area contributed by atoms with Gasteiger partial charge in [0.25, 0.3) is 20.2 Å². The SMILES string of the molecule is Cc1ccc(S(=O)(=O)OCC(COC2CC[C@@]3(C)C(CC[C@@H]4[C@H]3CC[C@]3(C)C(c5ccoc5)CC[C@@]43O)C2)OS(=O)(=O)c2ccc(C)cc2)cc1. The van der Waals surface area contributed by atoms with Crippen molar-refractivity contribution in [3.63, 3.8) is 0 Å². The van der Waals surface area contributed by atoms with Crippen LogP contribution in [0.15, 0.2) is 81.3 Å². The lowest BCUT2D eigenvalue weighted by Crippen LogP contribution is -2.62. The fourth-order valence-corrected chi connectivity index (χ4v) is 12.6. The molecule has 4 saturated carbocycles. The Morgan fingerprint density at radius 2 is 1.45 bits per heavy atom. The lowest BCUT2D eigenvalue weighted by atomic mass is 9.43. The van der Waals surface area contributed by atoms with Gasteiger partial charge in [0.1, 0.15) is 6.10 Å². The van der Waals surface area contributed by atoms with Gasteiger partial charge in [-0.2, -0.15) is 16.8 Å². The molecule has 4 aliphatic carbocycles. The summed E-state index contributed by atoms with van der Waals surface area (Å²) in [6.45, 7) is 7.79. The molecule has 9 atom stereocenters. The van der Waals surface area contributed by atoms with E-state index in [1.807, 2.05) is 20.1 Å². The smallest absolute Gasteiger partial charge is 0.297 e. The van der Waals surface area contributed by atoms with E-state index < -0.39 is 38.5 Å². The number of rotatable bonds is 11. The molecular formula is C40H52O9S2. The summed E-state index contributed by atoms with van der Waals surface area (Å²) in [4.78, 5) is -0.0353. The number of hydrogen-bond donors (Lipinski definition) is 1. The first-order valence-electron chi connectivity index (χ1n) is 18.5. The van der Waals surface area contributed by atoms with E-state index in [4.69, 9.17) is 17.5 Å². The highest BCUT2D eigenvalue weighted by Crippen LogP contribution is 2.70. The molecule has 1 N–H and O–H groups in total. The number of aryl methyl sites for hydroxylation is 2. The Balaban J connectivity index is 1.03. The molecule has 11 heteroatoms. The summed E-state index contributed by atoms with van der Waals surface area (Å²) in [6, 6.07) is 14.7. The van der Waals surface area contributed by atoms with Gasteiger partial charge in [0, 0.05) is 5.41 Å². The molecule has 0 aliphatic heterocycles. The monoisotopic (exact) mass is 740 g/mol. The molecule has 4 unspecified atom stereocenters. The Morgan fingerprint density at radius 3 is 2.10 bits per heavy atom. The number of fused-ring (bicyclic) bond motifs is 5. The molecule has 0 saturated heterocycles. The molecule has 0 bridgehead atoms. The van der Waals surface area contributed by atoms with Crippen molar-refractivity contribution in [2.24, 2.45) is 28.6 Å². The van der Waals surface area contributed by atoms with Crippen LogP contribution in [0.4, 0.5) is 0 Å². The molecular weight excluding hydrogens is 689 g/mol. The minimum absolute atomic E-state index is 0.0152. The molecule has 278 valence electrons. The van der Waals surface area contributed by atoms with Crippen molar-refractivity contribution in [3.05, 3.63) is 83.8 Å². The van der Waals surface area contributed by atoms with E-state index in [-0.39, 0.29) is 39.2 Å². The number of hydrogen-bond acceptors (Lipinski definition) is 9. The van der Waals surface area contributed by atoms with Crippen molar-refractivity contribution in [2.45, 2.75) is 119 Å². The van der Waals surface area contributed by atoms with Crippen LogP contribution in [0, 0.1) is 42.4 Å². The van der Waals surface area contributed by atoms with Crippen LogP contribution in [-0.2, 0) is 33.3 Å². The zero-order valence-electron chi connectivity index (χ0n) is 30.1. The van der Waals surface area contributed by atoms with Crippen LogP contribution in [0.5, 0.6) is 0 Å². The van der Waals surface area contributed by atoms with E-state index >= 15 is 0 Å². The Hall–Kier alpha value is -2.54. The highest BCUT2D eigenvalue weighted by molar-refractivity contribution is 7.87. The molecule has 0 radical (unpaired) electrons. The normalized spacial score (nSPS) is 34.3. The molecule has 3 aromatic rings. The first-order chi connectivity index (χ1) is 24.1. The molecule has 4 fully saturated rings. The van der Waals surface area contributed by atoms with E-state index in [1.165, 1.54) is 29.8 Å². The van der Waals surface area contributed by atoms with E-state index in [0.29, 0.717) is 17.8 Å². The summed E-state index contributed by atoms with van der Waals surface area (Å²) >= 11 is 0. The standard InChI is InChI=1S/C40H52O9S2/c1-27-5-10-33(11-6-27)50(42,43)48-26-32(49-51(44,45)34-12-7-28(2)8-13-34)25-47-31-15-19-38(3)30(23-31)9-14-37-36(38)16-20-39(4)35(17-21-40(37,39)41)29-18-22-46-24-29/h5-8,10-13,18,22,24,30-32,35-37,41H,9,14-17,19-21,23,25-26H2,1-4H3/t30?,31?,32?,35?,36-,37-,38+,39-,40-/m1/s1. The van der Waals surface area contributed by atoms with Gasteiger partial charge in [0.2, 0.25) is 0 Å². The zero-order chi connectivity index (χ0) is 36.2. The third-order valence-electron chi connectivity index (χ3n) is 13.6. The predicted octanol–water partition coefficient (Wildman–Crippen LogP) is 7.70. The Labute approximate surface area is 303 Å². The molecule has 0 spiro atoms. The van der Waals surface area contributed by atoms with Crippen LogP contribution in [0.1, 0.15) is 94.2 Å². The van der Waals surface area contributed by atoms with Crippen LogP contribution in [0.2, 0.25) is 0 Å². The van der Waals surface area contributed by atoms with Crippen LogP contribution in [0.3, 0.4) is 0 Å². The third kappa shape index (κ3) is 6.76. The topological polar surface area (TPSA) is 129 Å². The predicted molar refractivity (Wildman–Crippen MR) is 192 cm³/mol. The zero-order valence-corrected chi connectivity index (χ0v) is 31.8. The fourth-order valence-electron chi connectivity index (χ4n) is 10.6. The summed E-state index contributed by atoms with van der Waals surface area (Å²) < 4.78 is 75.5. The summed E-state index contributed by atoms with van der Waals surface area (Å²) in [5.74, 6) is 1.39. The molecule has 7 rings (SSSR count). The second kappa shape index (κ2) is 13.7. The summed E-state index contributed by atoms with van der Waals surface area (Å²) in [5.41, 5.74) is 2.20. The lowest BCUT2D eigenvalue weighted by Gasteiger charge is -2.63. The second-order valence-electron chi connectivity index (χ2n) is 16.3. The summed E-state index contributed by atoms with van der Waals surface area (Å²) in [6.07, 6.45) is 10.7. The Bertz CT molecular complexity index is 1890. The van der Waals surface area contributed by atoms with Gasteiger partial charge in [-0.05, 0) is 137 Å². The average Bonchev–Trinajstić information content (AvgIpc) is 3.72. The molecule has 0 amide bonds. The maximum absolute atomic E-state index is 13.3. The van der Waals surface area contributed by atoms with Crippen molar-refractivity contribution in [1.29, 1.82) is 0 Å². The molecule has 2 aromatic carbocycles. The Kier molecular flexibility index (Phi) is 9.89. The first kappa shape index (κ1) is 36.8. The number of ether oxygens (including phenoxy) is 1. The van der Waals surface area contributed by atoms with Crippen molar-refractivity contribution in [3.8, 4) is 0 Å². The largest absolute Gasteiger partial charge is 0.472 e. The van der Waals surface area contributed by atoms with Gasteiger partial charge in [0.05, 0.1) is 47.2 Å². The highest BCUT2D eigenvalue weighted by atomic mass is 32.2. The number of furan rings is 1. The molecule has 1 aromatic heterocycles. The second-order valence-corrected chi connectivity index (χ2v) is 19.5. The molecule has 9 nitrogen and oxygen atoms in total. The van der Waals surface area contributed by atoms with Gasteiger partial charge < -0.3 is 14.3 Å². The maximum Gasteiger partial charge on any atom is 0.297 e. The van der Waals surface area contributed by atoms with Gasteiger partial charge >= 0.3 is 0 Å². The quantitative estimate of drug-likeness (QED) is 0.197. The Morgan fingerprint density at radius 1 is 0.784 bits per heavy atom. The highest BCUT2D eigenvalue weighted by Gasteiger charge is 2.67. The fraction of sp³-hybridized carbons (Fsp3) is 0.600. The van der Waals surface area contributed by atoms with Gasteiger partial charge in [-0.1, -0.05) is 49.2 Å². The van der Waals surface area contributed by atoms with Gasteiger partial charge in [0.15, 0.2) is 0 Å². The average molecular weight is 741 g/mol. The van der Waals surface area contributed by atoms with Crippen molar-refractivity contribution < 1.29 is 39.5 Å². The van der Waals surface area contributed by atoms with E-state index in [0.717, 1.165) is 68.9 Å². The molecule has 51 heavy (non-hydrogen) atoms. The van der Waals surface area contributed by atoms with Gasteiger partial charge in [-0.3, -0.25) is 8.37 Å². The van der Waals surface area contributed by atoms with Crippen LogP contribution >= 0.6 is 0 Å². The van der Waals surface area contributed by atoms with Crippen LogP contribution in [0.25, 0.3) is 0 Å². The van der Waals surface area contributed by atoms with Gasteiger partial charge in [-0.25, -0.2) is 0 Å².